The Morgan fingerprint density at radius 1 is 1.00 bits per heavy atom. The molecule has 3 rings (SSSR count). The molecular weight excluding hydrogens is 266 g/mol. The fraction of sp³-hybridized carbons (Fsp3) is 0.429. The van der Waals surface area contributed by atoms with Crippen molar-refractivity contribution in [3.05, 3.63) is 30.5 Å². The van der Waals surface area contributed by atoms with E-state index >= 15 is 0 Å². The van der Waals surface area contributed by atoms with Crippen LogP contribution in [0.4, 0.5) is 17.5 Å². The standard InChI is InChI=1S/C14H19N7/c1-11-8-16-9-19-14(11)21-5-3-20(4-6-21)13-7-12(15-2)17-10-18-13/h7-10H,3-6H2,1-2H3,(H,15,17,18). The summed E-state index contributed by atoms with van der Waals surface area (Å²) >= 11 is 0. The van der Waals surface area contributed by atoms with Crippen LogP contribution in [0.1, 0.15) is 5.56 Å². The van der Waals surface area contributed by atoms with Crippen molar-refractivity contribution >= 4 is 17.5 Å². The molecule has 0 bridgehead atoms. The fourth-order valence-electron chi connectivity index (χ4n) is 2.53. The van der Waals surface area contributed by atoms with Gasteiger partial charge in [0.25, 0.3) is 0 Å². The molecule has 0 amide bonds. The van der Waals surface area contributed by atoms with Gasteiger partial charge in [-0.25, -0.2) is 19.9 Å². The first-order valence-corrected chi connectivity index (χ1v) is 7.04. The Kier molecular flexibility index (Phi) is 3.81. The Balaban J connectivity index is 1.69. The smallest absolute Gasteiger partial charge is 0.134 e. The molecule has 0 atom stereocenters. The second kappa shape index (κ2) is 5.90. The van der Waals surface area contributed by atoms with Crippen LogP contribution in [0.5, 0.6) is 0 Å². The third-order valence-corrected chi connectivity index (χ3v) is 3.68. The summed E-state index contributed by atoms with van der Waals surface area (Å²) in [6.07, 6.45) is 5.07. The summed E-state index contributed by atoms with van der Waals surface area (Å²) in [5.74, 6) is 2.84. The molecule has 3 heterocycles. The van der Waals surface area contributed by atoms with E-state index in [0.29, 0.717) is 0 Å². The predicted octanol–water partition coefficient (Wildman–Crippen LogP) is 0.943. The highest BCUT2D eigenvalue weighted by Crippen LogP contribution is 2.20. The number of anilines is 3. The highest BCUT2D eigenvalue weighted by atomic mass is 15.3. The second-order valence-corrected chi connectivity index (χ2v) is 5.01. The molecule has 0 aliphatic carbocycles. The third kappa shape index (κ3) is 2.86. The molecule has 1 aliphatic rings. The molecular formula is C14H19N7. The lowest BCUT2D eigenvalue weighted by Gasteiger charge is -2.36. The van der Waals surface area contributed by atoms with E-state index in [9.17, 15) is 0 Å². The Hall–Kier alpha value is -2.44. The first-order chi connectivity index (χ1) is 10.3. The zero-order valence-electron chi connectivity index (χ0n) is 12.3. The van der Waals surface area contributed by atoms with Gasteiger partial charge in [0, 0.05) is 51.1 Å². The first-order valence-electron chi connectivity index (χ1n) is 7.04. The van der Waals surface area contributed by atoms with E-state index < -0.39 is 0 Å². The minimum absolute atomic E-state index is 0.842. The van der Waals surface area contributed by atoms with Crippen LogP contribution in [0.25, 0.3) is 0 Å². The molecule has 7 heteroatoms. The van der Waals surface area contributed by atoms with Crippen molar-refractivity contribution < 1.29 is 0 Å². The zero-order valence-corrected chi connectivity index (χ0v) is 12.3. The quantitative estimate of drug-likeness (QED) is 0.900. The van der Waals surface area contributed by atoms with Crippen LogP contribution in [-0.4, -0.2) is 53.2 Å². The Labute approximate surface area is 124 Å². The fourth-order valence-corrected chi connectivity index (χ4v) is 2.53. The lowest BCUT2D eigenvalue weighted by Crippen LogP contribution is -2.47. The maximum Gasteiger partial charge on any atom is 0.134 e. The van der Waals surface area contributed by atoms with Gasteiger partial charge in [0.15, 0.2) is 0 Å². The van der Waals surface area contributed by atoms with Crippen LogP contribution in [0.15, 0.2) is 24.9 Å². The lowest BCUT2D eigenvalue weighted by atomic mass is 10.2. The average molecular weight is 285 g/mol. The highest BCUT2D eigenvalue weighted by Gasteiger charge is 2.20. The summed E-state index contributed by atoms with van der Waals surface area (Å²) in [5.41, 5.74) is 1.12. The SMILES string of the molecule is CNc1cc(N2CCN(c3ncncc3C)CC2)ncn1. The molecule has 1 aliphatic heterocycles. The van der Waals surface area contributed by atoms with E-state index in [-0.39, 0.29) is 0 Å². The van der Waals surface area contributed by atoms with Crippen molar-refractivity contribution in [1.82, 2.24) is 19.9 Å². The maximum atomic E-state index is 4.39. The molecule has 1 saturated heterocycles. The molecule has 0 aromatic carbocycles. The molecule has 0 saturated carbocycles. The summed E-state index contributed by atoms with van der Waals surface area (Å²) in [7, 11) is 1.86. The molecule has 0 spiro atoms. The molecule has 7 nitrogen and oxygen atoms in total. The molecule has 110 valence electrons. The van der Waals surface area contributed by atoms with Gasteiger partial charge in [-0.05, 0) is 6.92 Å². The average Bonchev–Trinajstić information content (AvgIpc) is 2.56. The number of aromatic nitrogens is 4. The highest BCUT2D eigenvalue weighted by molar-refractivity contribution is 5.51. The number of piperazine rings is 1. The van der Waals surface area contributed by atoms with Gasteiger partial charge >= 0.3 is 0 Å². The van der Waals surface area contributed by atoms with Crippen molar-refractivity contribution in [3.8, 4) is 0 Å². The number of nitrogens with zero attached hydrogens (tertiary/aromatic N) is 6. The molecule has 2 aromatic rings. The van der Waals surface area contributed by atoms with Gasteiger partial charge in [-0.1, -0.05) is 0 Å². The van der Waals surface area contributed by atoms with Crippen LogP contribution < -0.4 is 15.1 Å². The monoisotopic (exact) mass is 285 g/mol. The summed E-state index contributed by atoms with van der Waals surface area (Å²) in [6, 6.07) is 1.98. The third-order valence-electron chi connectivity index (χ3n) is 3.68. The van der Waals surface area contributed by atoms with Crippen LogP contribution in [0.3, 0.4) is 0 Å². The molecule has 1 N–H and O–H groups in total. The molecule has 0 unspecified atom stereocenters. The van der Waals surface area contributed by atoms with Crippen LogP contribution in [0.2, 0.25) is 0 Å². The van der Waals surface area contributed by atoms with Crippen molar-refractivity contribution in [2.75, 3.05) is 48.3 Å². The van der Waals surface area contributed by atoms with Crippen molar-refractivity contribution in [2.45, 2.75) is 6.92 Å². The number of aryl methyl sites for hydroxylation is 1. The first kappa shape index (κ1) is 13.5. The van der Waals surface area contributed by atoms with E-state index in [1.807, 2.05) is 26.2 Å². The van der Waals surface area contributed by atoms with Gasteiger partial charge in [-0.3, -0.25) is 0 Å². The van der Waals surface area contributed by atoms with Crippen molar-refractivity contribution in [1.29, 1.82) is 0 Å². The minimum atomic E-state index is 0.842. The predicted molar refractivity (Wildman–Crippen MR) is 82.8 cm³/mol. The van der Waals surface area contributed by atoms with Gasteiger partial charge in [-0.15, -0.1) is 0 Å². The number of nitrogens with one attached hydrogen (secondary N) is 1. The topological polar surface area (TPSA) is 70.1 Å². The Bertz CT molecular complexity index is 608. The molecule has 1 fully saturated rings. The largest absolute Gasteiger partial charge is 0.373 e. The lowest BCUT2D eigenvalue weighted by molar-refractivity contribution is 0.639. The Morgan fingerprint density at radius 2 is 1.76 bits per heavy atom. The molecule has 2 aromatic heterocycles. The summed E-state index contributed by atoms with van der Waals surface area (Å²) < 4.78 is 0. The van der Waals surface area contributed by atoms with Crippen molar-refractivity contribution in [3.63, 3.8) is 0 Å². The number of hydrogen-bond acceptors (Lipinski definition) is 7. The zero-order chi connectivity index (χ0) is 14.7. The Morgan fingerprint density at radius 3 is 2.48 bits per heavy atom. The number of rotatable bonds is 3. The van der Waals surface area contributed by atoms with E-state index in [4.69, 9.17) is 0 Å². The maximum absolute atomic E-state index is 4.39. The molecule has 21 heavy (non-hydrogen) atoms. The van der Waals surface area contributed by atoms with Crippen LogP contribution in [0, 0.1) is 6.92 Å². The van der Waals surface area contributed by atoms with Crippen molar-refractivity contribution in [2.24, 2.45) is 0 Å². The van der Waals surface area contributed by atoms with E-state index in [1.54, 1.807) is 12.7 Å². The van der Waals surface area contributed by atoms with E-state index in [0.717, 1.165) is 49.2 Å². The molecule has 0 radical (unpaired) electrons. The second-order valence-electron chi connectivity index (χ2n) is 5.01. The van der Waals surface area contributed by atoms with E-state index in [1.165, 1.54) is 0 Å². The van der Waals surface area contributed by atoms with Gasteiger partial charge < -0.3 is 15.1 Å². The van der Waals surface area contributed by atoms with Gasteiger partial charge in [-0.2, -0.15) is 0 Å². The number of hydrogen-bond donors (Lipinski definition) is 1. The van der Waals surface area contributed by atoms with Gasteiger partial charge in [0.05, 0.1) is 0 Å². The summed E-state index contributed by atoms with van der Waals surface area (Å²) in [4.78, 5) is 21.5. The minimum Gasteiger partial charge on any atom is -0.373 e. The summed E-state index contributed by atoms with van der Waals surface area (Å²) in [5, 5.41) is 3.04. The summed E-state index contributed by atoms with van der Waals surface area (Å²) in [6.45, 7) is 5.74. The van der Waals surface area contributed by atoms with Gasteiger partial charge in [0.1, 0.15) is 30.1 Å². The van der Waals surface area contributed by atoms with Crippen LogP contribution >= 0.6 is 0 Å². The van der Waals surface area contributed by atoms with Crippen LogP contribution in [-0.2, 0) is 0 Å². The normalized spacial score (nSPS) is 15.1. The van der Waals surface area contributed by atoms with E-state index in [2.05, 4.69) is 35.1 Å². The van der Waals surface area contributed by atoms with Gasteiger partial charge in [0.2, 0.25) is 0 Å².